The van der Waals surface area contributed by atoms with Crippen molar-refractivity contribution in [2.24, 2.45) is 0 Å². The lowest BCUT2D eigenvalue weighted by atomic mass is 10.1. The molecule has 0 aliphatic heterocycles. The summed E-state index contributed by atoms with van der Waals surface area (Å²) in [6.45, 7) is 0.448. The van der Waals surface area contributed by atoms with Gasteiger partial charge in [-0.2, -0.15) is 5.26 Å². The Morgan fingerprint density at radius 3 is 2.61 bits per heavy atom. The van der Waals surface area contributed by atoms with Crippen molar-refractivity contribution in [3.63, 3.8) is 0 Å². The third-order valence-electron chi connectivity index (χ3n) is 4.56. The lowest BCUT2D eigenvalue weighted by molar-refractivity contribution is 0.0936. The van der Waals surface area contributed by atoms with Gasteiger partial charge in [-0.15, -0.1) is 0 Å². The van der Waals surface area contributed by atoms with Gasteiger partial charge in [-0.3, -0.25) is 9.78 Å². The summed E-state index contributed by atoms with van der Waals surface area (Å²) in [5.41, 5.74) is 2.49. The van der Waals surface area contributed by atoms with Crippen LogP contribution in [0.25, 0.3) is 11.3 Å². The van der Waals surface area contributed by atoms with Gasteiger partial charge in [0.05, 0.1) is 6.07 Å². The van der Waals surface area contributed by atoms with Crippen LogP contribution in [0.3, 0.4) is 0 Å². The van der Waals surface area contributed by atoms with Crippen molar-refractivity contribution in [3.8, 4) is 23.1 Å². The van der Waals surface area contributed by atoms with E-state index in [1.165, 1.54) is 6.07 Å². The second-order valence-electron chi connectivity index (χ2n) is 6.70. The molecule has 1 amide bonds. The second-order valence-corrected chi connectivity index (χ2v) is 6.70. The van der Waals surface area contributed by atoms with Gasteiger partial charge in [0.25, 0.3) is 5.91 Å². The molecular weight excluding hydrogens is 392 g/mol. The molecule has 7 heteroatoms. The van der Waals surface area contributed by atoms with Gasteiger partial charge in [-0.25, -0.2) is 0 Å². The molecule has 0 aliphatic carbocycles. The molecule has 0 fully saturated rings. The number of aromatic nitrogens is 2. The number of amides is 1. The smallest absolute Gasteiger partial charge is 0.274 e. The van der Waals surface area contributed by atoms with E-state index in [2.05, 4.69) is 21.5 Å². The van der Waals surface area contributed by atoms with Crippen LogP contribution in [0.2, 0.25) is 0 Å². The topological polar surface area (TPSA) is 101 Å². The number of carbonyl (C=O) groups is 1. The number of hydrogen-bond donors (Lipinski definition) is 1. The summed E-state index contributed by atoms with van der Waals surface area (Å²) < 4.78 is 11.0. The first-order valence-corrected chi connectivity index (χ1v) is 9.57. The minimum Gasteiger partial charge on any atom is -0.489 e. The van der Waals surface area contributed by atoms with Crippen molar-refractivity contribution < 1.29 is 14.1 Å². The average Bonchev–Trinajstić information content (AvgIpc) is 3.33. The summed E-state index contributed by atoms with van der Waals surface area (Å²) in [4.78, 5) is 16.5. The van der Waals surface area contributed by atoms with Crippen LogP contribution in [-0.4, -0.2) is 16.0 Å². The van der Waals surface area contributed by atoms with Crippen molar-refractivity contribution in [2.45, 2.75) is 12.6 Å². The van der Waals surface area contributed by atoms with E-state index in [9.17, 15) is 10.1 Å². The number of hydrogen-bond acceptors (Lipinski definition) is 6. The Morgan fingerprint density at radius 2 is 1.90 bits per heavy atom. The van der Waals surface area contributed by atoms with Crippen LogP contribution in [0.4, 0.5) is 0 Å². The van der Waals surface area contributed by atoms with E-state index in [-0.39, 0.29) is 5.69 Å². The van der Waals surface area contributed by atoms with E-state index in [1.54, 1.807) is 48.8 Å². The Bertz CT molecular complexity index is 1180. The fraction of sp³-hybridized carbons (Fsp3) is 0.0833. The standard InChI is InChI=1S/C24H18N4O3/c25-14-22(18-8-10-20(11-9-18)30-16-17-5-2-1-3-6-17)27-24(29)21-13-23(31-28-21)19-7-4-12-26-15-19/h1-13,15,22H,16H2,(H,27,29). The minimum atomic E-state index is -0.839. The molecule has 0 saturated carbocycles. The van der Waals surface area contributed by atoms with Gasteiger partial charge in [0.1, 0.15) is 18.4 Å². The average molecular weight is 410 g/mol. The number of nitriles is 1. The first-order chi connectivity index (χ1) is 15.2. The molecule has 4 aromatic rings. The highest BCUT2D eigenvalue weighted by molar-refractivity contribution is 5.93. The Labute approximate surface area is 178 Å². The second kappa shape index (κ2) is 9.37. The van der Waals surface area contributed by atoms with Crippen LogP contribution in [0, 0.1) is 11.3 Å². The molecule has 0 bridgehead atoms. The maximum atomic E-state index is 12.5. The molecular formula is C24H18N4O3. The molecule has 152 valence electrons. The zero-order valence-corrected chi connectivity index (χ0v) is 16.4. The van der Waals surface area contributed by atoms with Crippen LogP contribution >= 0.6 is 0 Å². The summed E-state index contributed by atoms with van der Waals surface area (Å²) >= 11 is 0. The minimum absolute atomic E-state index is 0.0851. The van der Waals surface area contributed by atoms with Crippen LogP contribution in [0.1, 0.15) is 27.7 Å². The van der Waals surface area contributed by atoms with Gasteiger partial charge in [0.2, 0.25) is 0 Å². The molecule has 0 saturated heterocycles. The van der Waals surface area contributed by atoms with E-state index in [1.807, 2.05) is 30.3 Å². The number of benzene rings is 2. The first kappa shape index (κ1) is 19.9. The molecule has 31 heavy (non-hydrogen) atoms. The summed E-state index contributed by atoms with van der Waals surface area (Å²) in [6.07, 6.45) is 3.25. The lowest BCUT2D eigenvalue weighted by Gasteiger charge is -2.12. The van der Waals surface area contributed by atoms with E-state index in [0.717, 1.165) is 5.56 Å². The fourth-order valence-electron chi connectivity index (χ4n) is 2.92. The number of rotatable bonds is 7. The van der Waals surface area contributed by atoms with E-state index >= 15 is 0 Å². The summed E-state index contributed by atoms with van der Waals surface area (Å²) in [7, 11) is 0. The Balaban J connectivity index is 1.39. The Hall–Kier alpha value is -4.44. The largest absolute Gasteiger partial charge is 0.489 e. The molecule has 0 aliphatic rings. The van der Waals surface area contributed by atoms with E-state index in [0.29, 0.717) is 29.2 Å². The molecule has 1 unspecified atom stereocenters. The molecule has 2 heterocycles. The predicted octanol–water partition coefficient (Wildman–Crippen LogP) is 4.31. The van der Waals surface area contributed by atoms with Gasteiger partial charge < -0.3 is 14.6 Å². The predicted molar refractivity (Wildman–Crippen MR) is 113 cm³/mol. The van der Waals surface area contributed by atoms with Gasteiger partial charge in [0, 0.05) is 24.0 Å². The summed E-state index contributed by atoms with van der Waals surface area (Å²) in [6, 6.07) is 23.2. The zero-order chi connectivity index (χ0) is 21.5. The molecule has 2 aromatic heterocycles. The van der Waals surface area contributed by atoms with E-state index < -0.39 is 11.9 Å². The van der Waals surface area contributed by atoms with Crippen molar-refractivity contribution in [2.75, 3.05) is 0 Å². The number of nitrogens with one attached hydrogen (secondary N) is 1. The van der Waals surface area contributed by atoms with Gasteiger partial charge in [0.15, 0.2) is 11.5 Å². The number of nitrogens with zero attached hydrogens (tertiary/aromatic N) is 3. The molecule has 1 atom stereocenters. The Kier molecular flexibility index (Phi) is 6.00. The maximum Gasteiger partial charge on any atom is 0.274 e. The third kappa shape index (κ3) is 4.95. The van der Waals surface area contributed by atoms with Crippen LogP contribution < -0.4 is 10.1 Å². The highest BCUT2D eigenvalue weighted by atomic mass is 16.5. The lowest BCUT2D eigenvalue weighted by Crippen LogP contribution is -2.27. The number of pyridine rings is 1. The monoisotopic (exact) mass is 410 g/mol. The van der Waals surface area contributed by atoms with E-state index in [4.69, 9.17) is 9.26 Å². The number of ether oxygens (including phenoxy) is 1. The van der Waals surface area contributed by atoms with Crippen LogP contribution in [0.5, 0.6) is 5.75 Å². The van der Waals surface area contributed by atoms with Crippen molar-refractivity contribution in [1.29, 1.82) is 5.26 Å². The Morgan fingerprint density at radius 1 is 1.10 bits per heavy atom. The summed E-state index contributed by atoms with van der Waals surface area (Å²) in [5.74, 6) is 0.592. The third-order valence-corrected chi connectivity index (χ3v) is 4.56. The van der Waals surface area contributed by atoms with Gasteiger partial charge in [-0.1, -0.05) is 47.6 Å². The molecule has 0 spiro atoms. The molecule has 7 nitrogen and oxygen atoms in total. The van der Waals surface area contributed by atoms with Crippen molar-refractivity contribution in [3.05, 3.63) is 102 Å². The molecule has 0 radical (unpaired) electrons. The normalized spacial score (nSPS) is 11.3. The number of carbonyl (C=O) groups excluding carboxylic acids is 1. The van der Waals surface area contributed by atoms with Crippen molar-refractivity contribution >= 4 is 5.91 Å². The fourth-order valence-corrected chi connectivity index (χ4v) is 2.92. The van der Waals surface area contributed by atoms with Crippen molar-refractivity contribution in [1.82, 2.24) is 15.5 Å². The van der Waals surface area contributed by atoms with Crippen LogP contribution in [0.15, 0.2) is 89.7 Å². The first-order valence-electron chi connectivity index (χ1n) is 9.57. The highest BCUT2D eigenvalue weighted by Crippen LogP contribution is 2.21. The van der Waals surface area contributed by atoms with Gasteiger partial charge >= 0.3 is 0 Å². The zero-order valence-electron chi connectivity index (χ0n) is 16.4. The quantitative estimate of drug-likeness (QED) is 0.487. The molecule has 4 rings (SSSR count). The highest BCUT2D eigenvalue weighted by Gasteiger charge is 2.19. The molecule has 2 aromatic carbocycles. The maximum absolute atomic E-state index is 12.5. The summed E-state index contributed by atoms with van der Waals surface area (Å²) in [5, 5.41) is 16.0. The van der Waals surface area contributed by atoms with Crippen LogP contribution in [-0.2, 0) is 6.61 Å². The molecule has 1 N–H and O–H groups in total. The SMILES string of the molecule is N#CC(NC(=O)c1cc(-c2cccnc2)on1)c1ccc(OCc2ccccc2)cc1. The van der Waals surface area contributed by atoms with Gasteiger partial charge in [-0.05, 0) is 35.4 Å².